The molecular formula is C13H13N3OS. The van der Waals surface area contributed by atoms with Crippen LogP contribution in [-0.4, -0.2) is 17.1 Å². The van der Waals surface area contributed by atoms with Gasteiger partial charge in [-0.25, -0.2) is 5.43 Å². The Morgan fingerprint density at radius 1 is 1.39 bits per heavy atom. The summed E-state index contributed by atoms with van der Waals surface area (Å²) in [6.07, 6.45) is 5.82. The molecule has 0 aromatic carbocycles. The molecule has 92 valence electrons. The number of aromatic nitrogens is 1. The largest absolute Gasteiger partial charge is 0.271 e. The maximum Gasteiger partial charge on any atom is 0.271 e. The Balaban J connectivity index is 1.93. The summed E-state index contributed by atoms with van der Waals surface area (Å²) in [5, 5.41) is 3.93. The molecule has 0 bridgehead atoms. The van der Waals surface area contributed by atoms with Gasteiger partial charge in [0.2, 0.25) is 0 Å². The van der Waals surface area contributed by atoms with Gasteiger partial charge in [0.25, 0.3) is 5.91 Å². The molecule has 2 rings (SSSR count). The fourth-order valence-electron chi connectivity index (χ4n) is 1.38. The number of rotatable bonds is 4. The predicted octanol–water partition coefficient (Wildman–Crippen LogP) is 2.47. The summed E-state index contributed by atoms with van der Waals surface area (Å²) in [4.78, 5) is 17.8. The molecule has 0 aliphatic rings. The van der Waals surface area contributed by atoms with Crippen LogP contribution in [0.25, 0.3) is 0 Å². The van der Waals surface area contributed by atoms with Crippen molar-refractivity contribution < 1.29 is 4.79 Å². The quantitative estimate of drug-likeness (QED) is 0.677. The van der Waals surface area contributed by atoms with Crippen molar-refractivity contribution in [2.75, 3.05) is 0 Å². The summed E-state index contributed by atoms with van der Waals surface area (Å²) in [5.74, 6) is -0.235. The van der Waals surface area contributed by atoms with Crippen LogP contribution in [0.15, 0.2) is 41.8 Å². The normalized spacial score (nSPS) is 10.7. The molecule has 1 amide bonds. The predicted molar refractivity (Wildman–Crippen MR) is 73.0 cm³/mol. The summed E-state index contributed by atoms with van der Waals surface area (Å²) in [6, 6.07) is 7.35. The number of hydrazone groups is 1. The van der Waals surface area contributed by atoms with Gasteiger partial charge >= 0.3 is 0 Å². The average Bonchev–Trinajstić information content (AvgIpc) is 2.87. The Morgan fingerprint density at radius 2 is 2.17 bits per heavy atom. The van der Waals surface area contributed by atoms with Crippen molar-refractivity contribution in [3.05, 3.63) is 52.0 Å². The number of carbonyl (C=O) groups is 1. The van der Waals surface area contributed by atoms with Crippen LogP contribution in [0.3, 0.4) is 0 Å². The second-order valence-corrected chi connectivity index (χ2v) is 4.79. The lowest BCUT2D eigenvalue weighted by Crippen LogP contribution is -2.17. The van der Waals surface area contributed by atoms with Crippen LogP contribution in [0.2, 0.25) is 0 Å². The van der Waals surface area contributed by atoms with Crippen LogP contribution >= 0.6 is 11.3 Å². The molecule has 0 saturated carbocycles. The van der Waals surface area contributed by atoms with E-state index in [4.69, 9.17) is 0 Å². The number of carbonyl (C=O) groups excluding carboxylic acids is 1. The van der Waals surface area contributed by atoms with Gasteiger partial charge in [0.1, 0.15) is 0 Å². The molecule has 2 heterocycles. The van der Waals surface area contributed by atoms with Crippen molar-refractivity contribution in [3.8, 4) is 0 Å². The Labute approximate surface area is 109 Å². The van der Waals surface area contributed by atoms with Gasteiger partial charge in [-0.2, -0.15) is 5.10 Å². The molecule has 0 spiro atoms. The monoisotopic (exact) mass is 259 g/mol. The van der Waals surface area contributed by atoms with E-state index in [0.29, 0.717) is 5.56 Å². The standard InChI is InChI=1S/C13H13N3OS/c1-2-11-3-4-12(18-11)9-15-16-13(17)10-5-7-14-8-6-10/h3-9H,2H2,1H3,(H,16,17). The lowest BCUT2D eigenvalue weighted by Gasteiger charge is -1.97. The van der Waals surface area contributed by atoms with Crippen molar-refractivity contribution in [1.29, 1.82) is 0 Å². The molecule has 4 nitrogen and oxygen atoms in total. The highest BCUT2D eigenvalue weighted by atomic mass is 32.1. The summed E-state index contributed by atoms with van der Waals surface area (Å²) in [5.41, 5.74) is 3.03. The second kappa shape index (κ2) is 6.07. The van der Waals surface area contributed by atoms with Gasteiger partial charge in [-0.1, -0.05) is 6.92 Å². The van der Waals surface area contributed by atoms with Crippen molar-refractivity contribution >= 4 is 23.5 Å². The Kier molecular flexibility index (Phi) is 4.20. The van der Waals surface area contributed by atoms with Gasteiger partial charge in [-0.3, -0.25) is 9.78 Å². The van der Waals surface area contributed by atoms with Crippen molar-refractivity contribution in [1.82, 2.24) is 10.4 Å². The fraction of sp³-hybridized carbons (Fsp3) is 0.154. The third kappa shape index (κ3) is 3.24. The fourth-order valence-corrected chi connectivity index (χ4v) is 2.20. The number of nitrogens with one attached hydrogen (secondary N) is 1. The van der Waals surface area contributed by atoms with Gasteiger partial charge < -0.3 is 0 Å². The first-order valence-electron chi connectivity index (χ1n) is 5.61. The number of amides is 1. The van der Waals surface area contributed by atoms with E-state index in [1.54, 1.807) is 42.1 Å². The van der Waals surface area contributed by atoms with Gasteiger partial charge in [-0.05, 0) is 30.7 Å². The molecular weight excluding hydrogens is 246 g/mol. The number of thiophene rings is 1. The first-order chi connectivity index (χ1) is 8.79. The van der Waals surface area contributed by atoms with E-state index in [1.165, 1.54) is 4.88 Å². The smallest absolute Gasteiger partial charge is 0.267 e. The van der Waals surface area contributed by atoms with Crippen LogP contribution in [0.1, 0.15) is 27.0 Å². The zero-order valence-corrected chi connectivity index (χ0v) is 10.8. The lowest BCUT2D eigenvalue weighted by molar-refractivity contribution is 0.0955. The molecule has 1 N–H and O–H groups in total. The highest BCUT2D eigenvalue weighted by Gasteiger charge is 2.02. The minimum atomic E-state index is -0.235. The van der Waals surface area contributed by atoms with Crippen molar-refractivity contribution in [2.24, 2.45) is 5.10 Å². The van der Waals surface area contributed by atoms with Crippen LogP contribution in [0, 0.1) is 0 Å². The zero-order chi connectivity index (χ0) is 12.8. The number of hydrogen-bond acceptors (Lipinski definition) is 4. The molecule has 0 atom stereocenters. The average molecular weight is 259 g/mol. The number of aryl methyl sites for hydroxylation is 1. The lowest BCUT2D eigenvalue weighted by atomic mass is 10.3. The van der Waals surface area contributed by atoms with Gasteiger partial charge in [0.15, 0.2) is 0 Å². The first-order valence-corrected chi connectivity index (χ1v) is 6.43. The summed E-state index contributed by atoms with van der Waals surface area (Å²) in [7, 11) is 0. The van der Waals surface area contributed by atoms with Gasteiger partial charge in [0.05, 0.1) is 6.21 Å². The van der Waals surface area contributed by atoms with Crippen LogP contribution in [0.4, 0.5) is 0 Å². The Bertz CT molecular complexity index is 548. The van der Waals surface area contributed by atoms with Crippen LogP contribution < -0.4 is 5.43 Å². The third-order valence-electron chi connectivity index (χ3n) is 2.33. The van der Waals surface area contributed by atoms with Crippen LogP contribution in [0.5, 0.6) is 0 Å². The Hall–Kier alpha value is -2.01. The number of pyridine rings is 1. The van der Waals surface area contributed by atoms with Crippen LogP contribution in [-0.2, 0) is 6.42 Å². The molecule has 2 aromatic rings. The van der Waals surface area contributed by atoms with E-state index < -0.39 is 0 Å². The highest BCUT2D eigenvalue weighted by molar-refractivity contribution is 7.13. The van der Waals surface area contributed by atoms with E-state index >= 15 is 0 Å². The molecule has 0 aliphatic carbocycles. The summed E-state index contributed by atoms with van der Waals surface area (Å²) in [6.45, 7) is 2.11. The first kappa shape index (κ1) is 12.4. The van der Waals surface area contributed by atoms with Crippen molar-refractivity contribution in [2.45, 2.75) is 13.3 Å². The maximum absolute atomic E-state index is 11.6. The van der Waals surface area contributed by atoms with E-state index in [2.05, 4.69) is 28.5 Å². The summed E-state index contributed by atoms with van der Waals surface area (Å²) >= 11 is 1.67. The molecule has 2 aromatic heterocycles. The highest BCUT2D eigenvalue weighted by Crippen LogP contribution is 2.14. The molecule has 18 heavy (non-hydrogen) atoms. The maximum atomic E-state index is 11.6. The number of hydrogen-bond donors (Lipinski definition) is 1. The minimum Gasteiger partial charge on any atom is -0.267 e. The molecule has 5 heteroatoms. The van der Waals surface area contributed by atoms with Gasteiger partial charge in [0, 0.05) is 27.7 Å². The number of nitrogens with zero attached hydrogens (tertiary/aromatic N) is 2. The summed E-state index contributed by atoms with van der Waals surface area (Å²) < 4.78 is 0. The molecule has 0 aliphatic heterocycles. The SMILES string of the molecule is CCc1ccc(C=NNC(=O)c2ccncc2)s1. The topological polar surface area (TPSA) is 54.4 Å². The molecule has 0 saturated heterocycles. The zero-order valence-electron chi connectivity index (χ0n) is 9.96. The van der Waals surface area contributed by atoms with E-state index in [0.717, 1.165) is 11.3 Å². The van der Waals surface area contributed by atoms with Gasteiger partial charge in [-0.15, -0.1) is 11.3 Å². The second-order valence-electron chi connectivity index (χ2n) is 3.59. The Morgan fingerprint density at radius 3 is 2.83 bits per heavy atom. The van der Waals surface area contributed by atoms with E-state index in [1.807, 2.05) is 6.07 Å². The van der Waals surface area contributed by atoms with E-state index in [9.17, 15) is 4.79 Å². The molecule has 0 fully saturated rings. The molecule has 0 radical (unpaired) electrons. The third-order valence-corrected chi connectivity index (χ3v) is 3.50. The van der Waals surface area contributed by atoms with Crippen molar-refractivity contribution in [3.63, 3.8) is 0 Å². The van der Waals surface area contributed by atoms with E-state index in [-0.39, 0.29) is 5.91 Å². The molecule has 0 unspecified atom stereocenters. The minimum absolute atomic E-state index is 0.235.